The van der Waals surface area contributed by atoms with Crippen molar-refractivity contribution in [3.8, 4) is 0 Å². The molecule has 0 aliphatic rings. The minimum absolute atomic E-state index is 1.14. The molecule has 1 N–H and O–H groups in total. The first-order valence-electron chi connectivity index (χ1n) is 4.18. The highest BCUT2D eigenvalue weighted by atomic mass is 79.9. The second-order valence-corrected chi connectivity index (χ2v) is 3.74. The molecule has 2 heteroatoms. The summed E-state index contributed by atoms with van der Waals surface area (Å²) < 4.78 is 1.14. The van der Waals surface area contributed by atoms with Gasteiger partial charge in [-0.2, -0.15) is 0 Å². The number of nitrogens with one attached hydrogen (secondary N) is 1. The van der Waals surface area contributed by atoms with Gasteiger partial charge in [0.05, 0.1) is 0 Å². The van der Waals surface area contributed by atoms with Crippen LogP contribution in [0, 0.1) is 0 Å². The van der Waals surface area contributed by atoms with Crippen LogP contribution in [-0.2, 0) is 0 Å². The molecule has 0 aromatic heterocycles. The molecule has 0 saturated heterocycles. The van der Waals surface area contributed by atoms with Crippen molar-refractivity contribution in [3.63, 3.8) is 0 Å². The molecule has 2 aromatic rings. The van der Waals surface area contributed by atoms with E-state index in [2.05, 4.69) is 51.6 Å². The van der Waals surface area contributed by atoms with Gasteiger partial charge in [-0.3, -0.25) is 0 Å². The van der Waals surface area contributed by atoms with Crippen LogP contribution in [0.4, 0.5) is 5.69 Å². The molecule has 0 bridgehead atoms. The lowest BCUT2D eigenvalue weighted by molar-refractivity contribution is 1.54. The molecule has 2 aromatic carbocycles. The monoisotopic (exact) mass is 235 g/mol. The van der Waals surface area contributed by atoms with Gasteiger partial charge in [0.15, 0.2) is 0 Å². The van der Waals surface area contributed by atoms with E-state index in [-0.39, 0.29) is 0 Å². The Morgan fingerprint density at radius 3 is 2.38 bits per heavy atom. The Balaban J connectivity index is 2.84. The lowest BCUT2D eigenvalue weighted by atomic mass is 10.1. The average Bonchev–Trinajstić information content (AvgIpc) is 2.19. The van der Waals surface area contributed by atoms with Crippen molar-refractivity contribution in [2.24, 2.45) is 0 Å². The molecule has 0 atom stereocenters. The maximum absolute atomic E-state index is 3.53. The summed E-state index contributed by atoms with van der Waals surface area (Å²) in [5.74, 6) is 0. The van der Waals surface area contributed by atoms with Gasteiger partial charge in [-0.25, -0.2) is 0 Å². The normalized spacial score (nSPS) is 10.3. The van der Waals surface area contributed by atoms with Gasteiger partial charge in [-0.1, -0.05) is 40.2 Å². The van der Waals surface area contributed by atoms with Crippen LogP contribution in [-0.4, -0.2) is 7.05 Å². The largest absolute Gasteiger partial charge is 0.388 e. The maximum Gasteiger partial charge on any atom is 0.0418 e. The van der Waals surface area contributed by atoms with Gasteiger partial charge >= 0.3 is 0 Å². The zero-order valence-corrected chi connectivity index (χ0v) is 8.93. The van der Waals surface area contributed by atoms with Crippen molar-refractivity contribution >= 4 is 32.4 Å². The molecule has 1 nitrogen and oxygen atoms in total. The highest BCUT2D eigenvalue weighted by molar-refractivity contribution is 9.10. The third-order valence-corrected chi connectivity index (χ3v) is 2.83. The van der Waals surface area contributed by atoms with Crippen LogP contribution >= 0.6 is 15.9 Å². The molecule has 0 amide bonds. The van der Waals surface area contributed by atoms with Crippen LogP contribution in [0.5, 0.6) is 0 Å². The average molecular weight is 236 g/mol. The predicted octanol–water partition coefficient (Wildman–Crippen LogP) is 3.64. The number of anilines is 1. The summed E-state index contributed by atoms with van der Waals surface area (Å²) in [5, 5.41) is 5.67. The summed E-state index contributed by atoms with van der Waals surface area (Å²) >= 11 is 3.53. The number of rotatable bonds is 1. The molecule has 0 fully saturated rings. The SMILES string of the molecule is CNc1ccc(Br)c2ccccc12. The standard InChI is InChI=1S/C11H10BrN/c1-13-11-7-6-10(12)8-4-2-3-5-9(8)11/h2-7,13H,1H3. The first kappa shape index (κ1) is 8.57. The Kier molecular flexibility index (Phi) is 2.23. The zero-order chi connectivity index (χ0) is 9.26. The summed E-state index contributed by atoms with van der Waals surface area (Å²) in [4.78, 5) is 0. The molecular formula is C11H10BrN. The van der Waals surface area contributed by atoms with E-state index >= 15 is 0 Å². The number of hydrogen-bond donors (Lipinski definition) is 1. The highest BCUT2D eigenvalue weighted by Crippen LogP contribution is 2.29. The molecule has 2 rings (SSSR count). The first-order valence-corrected chi connectivity index (χ1v) is 4.97. The second kappa shape index (κ2) is 3.38. The summed E-state index contributed by atoms with van der Waals surface area (Å²) in [5.41, 5.74) is 1.17. The summed E-state index contributed by atoms with van der Waals surface area (Å²) in [6, 6.07) is 12.5. The fraction of sp³-hybridized carbons (Fsp3) is 0.0909. The van der Waals surface area contributed by atoms with E-state index in [1.807, 2.05) is 13.1 Å². The molecule has 0 unspecified atom stereocenters. The van der Waals surface area contributed by atoms with Gasteiger partial charge in [-0.05, 0) is 17.5 Å². The van der Waals surface area contributed by atoms with Gasteiger partial charge in [0.25, 0.3) is 0 Å². The molecule has 66 valence electrons. The predicted molar refractivity (Wildman–Crippen MR) is 61.2 cm³/mol. The van der Waals surface area contributed by atoms with Crippen molar-refractivity contribution in [2.75, 3.05) is 12.4 Å². The molecule has 0 heterocycles. The van der Waals surface area contributed by atoms with Crippen LogP contribution < -0.4 is 5.32 Å². The van der Waals surface area contributed by atoms with Crippen molar-refractivity contribution in [1.82, 2.24) is 0 Å². The highest BCUT2D eigenvalue weighted by Gasteiger charge is 2.00. The minimum atomic E-state index is 1.14. The van der Waals surface area contributed by atoms with Gasteiger partial charge < -0.3 is 5.32 Å². The Morgan fingerprint density at radius 1 is 1.00 bits per heavy atom. The van der Waals surface area contributed by atoms with Crippen molar-refractivity contribution in [3.05, 3.63) is 40.9 Å². The molecule has 0 aliphatic carbocycles. The Hall–Kier alpha value is -1.02. The zero-order valence-electron chi connectivity index (χ0n) is 7.34. The van der Waals surface area contributed by atoms with E-state index in [0.717, 1.165) is 4.47 Å². The molecule has 0 spiro atoms. The van der Waals surface area contributed by atoms with Crippen LogP contribution in [0.15, 0.2) is 40.9 Å². The lowest BCUT2D eigenvalue weighted by Crippen LogP contribution is -1.89. The Bertz CT molecular complexity index is 437. The molecule has 0 radical (unpaired) electrons. The Labute approximate surface area is 85.9 Å². The smallest absolute Gasteiger partial charge is 0.0418 e. The van der Waals surface area contributed by atoms with E-state index in [0.29, 0.717) is 0 Å². The van der Waals surface area contributed by atoms with Crippen molar-refractivity contribution in [2.45, 2.75) is 0 Å². The van der Waals surface area contributed by atoms with Crippen LogP contribution in [0.3, 0.4) is 0 Å². The van der Waals surface area contributed by atoms with E-state index in [9.17, 15) is 0 Å². The quantitative estimate of drug-likeness (QED) is 0.796. The van der Waals surface area contributed by atoms with Crippen molar-refractivity contribution < 1.29 is 0 Å². The van der Waals surface area contributed by atoms with E-state index in [1.54, 1.807) is 0 Å². The van der Waals surface area contributed by atoms with Crippen molar-refractivity contribution in [1.29, 1.82) is 0 Å². The van der Waals surface area contributed by atoms with E-state index in [1.165, 1.54) is 16.5 Å². The molecule has 13 heavy (non-hydrogen) atoms. The second-order valence-electron chi connectivity index (χ2n) is 2.89. The van der Waals surface area contributed by atoms with Gasteiger partial charge in [0.1, 0.15) is 0 Å². The van der Waals surface area contributed by atoms with E-state index in [4.69, 9.17) is 0 Å². The fourth-order valence-corrected chi connectivity index (χ4v) is 1.96. The summed E-state index contributed by atoms with van der Waals surface area (Å²) in [7, 11) is 1.94. The third kappa shape index (κ3) is 1.42. The van der Waals surface area contributed by atoms with E-state index < -0.39 is 0 Å². The summed E-state index contributed by atoms with van der Waals surface area (Å²) in [6.45, 7) is 0. The molecular weight excluding hydrogens is 226 g/mol. The number of benzene rings is 2. The van der Waals surface area contributed by atoms with Gasteiger partial charge in [0.2, 0.25) is 0 Å². The van der Waals surface area contributed by atoms with Crippen LogP contribution in [0.2, 0.25) is 0 Å². The summed E-state index contributed by atoms with van der Waals surface area (Å²) in [6.07, 6.45) is 0. The minimum Gasteiger partial charge on any atom is -0.388 e. The topological polar surface area (TPSA) is 12.0 Å². The first-order chi connectivity index (χ1) is 6.33. The number of fused-ring (bicyclic) bond motifs is 1. The number of hydrogen-bond acceptors (Lipinski definition) is 1. The fourth-order valence-electron chi connectivity index (χ4n) is 1.48. The third-order valence-electron chi connectivity index (χ3n) is 2.14. The molecule has 0 saturated carbocycles. The van der Waals surface area contributed by atoms with Gasteiger partial charge in [0, 0.05) is 22.6 Å². The lowest BCUT2D eigenvalue weighted by Gasteiger charge is -2.06. The van der Waals surface area contributed by atoms with Gasteiger partial charge in [-0.15, -0.1) is 0 Å². The molecule has 0 aliphatic heterocycles. The number of halogens is 1. The van der Waals surface area contributed by atoms with Crippen LogP contribution in [0.1, 0.15) is 0 Å². The van der Waals surface area contributed by atoms with Crippen LogP contribution in [0.25, 0.3) is 10.8 Å². The maximum atomic E-state index is 3.53. The Morgan fingerprint density at radius 2 is 1.69 bits per heavy atom.